The molecule has 2 heterocycles. The Morgan fingerprint density at radius 1 is 1.36 bits per heavy atom. The molecule has 6 nitrogen and oxygen atoms in total. The third-order valence-electron chi connectivity index (χ3n) is 4.91. The Labute approximate surface area is 141 Å². The molecular formula is C16H17F3N2O4. The van der Waals surface area contributed by atoms with Crippen LogP contribution in [0.1, 0.15) is 29.6 Å². The van der Waals surface area contributed by atoms with Crippen LogP contribution < -0.4 is 4.74 Å². The Kier molecular flexibility index (Phi) is 4.34. The Morgan fingerprint density at radius 3 is 2.60 bits per heavy atom. The second kappa shape index (κ2) is 6.20. The smallest absolute Gasteiger partial charge is 0.422 e. The fourth-order valence-electron chi connectivity index (χ4n) is 3.39. The van der Waals surface area contributed by atoms with Crippen molar-refractivity contribution in [2.24, 2.45) is 11.3 Å². The highest BCUT2D eigenvalue weighted by Gasteiger charge is 2.59. The Balaban J connectivity index is 1.65. The molecule has 1 saturated heterocycles. The quantitative estimate of drug-likeness (QED) is 0.894. The minimum Gasteiger partial charge on any atom is -0.481 e. The number of aromatic nitrogens is 1. The Hall–Kier alpha value is -2.32. The van der Waals surface area contributed by atoms with Crippen molar-refractivity contribution in [2.45, 2.75) is 25.4 Å². The molecule has 2 fully saturated rings. The van der Waals surface area contributed by atoms with Crippen molar-refractivity contribution in [3.63, 3.8) is 0 Å². The van der Waals surface area contributed by atoms with Crippen molar-refractivity contribution in [2.75, 3.05) is 19.7 Å². The first kappa shape index (κ1) is 17.5. The highest BCUT2D eigenvalue weighted by molar-refractivity contribution is 5.96. The van der Waals surface area contributed by atoms with Crippen LogP contribution in [0.2, 0.25) is 0 Å². The van der Waals surface area contributed by atoms with E-state index in [1.54, 1.807) is 0 Å². The van der Waals surface area contributed by atoms with E-state index in [0.717, 1.165) is 0 Å². The average molecular weight is 358 g/mol. The van der Waals surface area contributed by atoms with Gasteiger partial charge in [0, 0.05) is 19.3 Å². The van der Waals surface area contributed by atoms with Crippen LogP contribution in [0.15, 0.2) is 18.3 Å². The molecule has 3 rings (SSSR count). The van der Waals surface area contributed by atoms with Crippen molar-refractivity contribution in [3.8, 4) is 5.88 Å². The topological polar surface area (TPSA) is 79.7 Å². The number of hydrogen-bond acceptors (Lipinski definition) is 4. The standard InChI is InChI=1S/C16H17F3N2O4/c17-16(18,19)9-25-12-10(2-1-5-20-12)13(22)21-6-3-15(4-7-21)8-11(15)14(23)24/h1-2,5,11H,3-4,6-9H2,(H,23,24). The molecule has 2 aliphatic rings. The molecule has 0 bridgehead atoms. The minimum absolute atomic E-state index is 0.0201. The van der Waals surface area contributed by atoms with Crippen molar-refractivity contribution in [1.29, 1.82) is 0 Å². The SMILES string of the molecule is O=C(O)C1CC12CCN(C(=O)c1cccnc1OCC(F)(F)F)CC2. The number of pyridine rings is 1. The van der Waals surface area contributed by atoms with Gasteiger partial charge in [0.15, 0.2) is 6.61 Å². The van der Waals surface area contributed by atoms with Crippen molar-refractivity contribution < 1.29 is 32.6 Å². The van der Waals surface area contributed by atoms with Crippen LogP contribution in [0.4, 0.5) is 13.2 Å². The van der Waals surface area contributed by atoms with Crippen LogP contribution in [0, 0.1) is 11.3 Å². The third kappa shape index (κ3) is 3.69. The number of carbonyl (C=O) groups excluding carboxylic acids is 1. The summed E-state index contributed by atoms with van der Waals surface area (Å²) >= 11 is 0. The number of carbonyl (C=O) groups is 2. The number of piperidine rings is 1. The van der Waals surface area contributed by atoms with Crippen LogP contribution in [0.3, 0.4) is 0 Å². The molecule has 9 heteroatoms. The molecule has 25 heavy (non-hydrogen) atoms. The van der Waals surface area contributed by atoms with Crippen LogP contribution in [-0.2, 0) is 4.79 Å². The molecule has 1 aromatic heterocycles. The van der Waals surface area contributed by atoms with Gasteiger partial charge >= 0.3 is 12.1 Å². The zero-order valence-electron chi connectivity index (χ0n) is 13.3. The summed E-state index contributed by atoms with van der Waals surface area (Å²) in [5.74, 6) is -1.96. The minimum atomic E-state index is -4.52. The number of halogens is 3. The summed E-state index contributed by atoms with van der Waals surface area (Å²) in [6, 6.07) is 2.84. The third-order valence-corrected chi connectivity index (χ3v) is 4.91. The Morgan fingerprint density at radius 2 is 2.04 bits per heavy atom. The van der Waals surface area contributed by atoms with Crippen molar-refractivity contribution in [1.82, 2.24) is 9.88 Å². The molecule has 1 aliphatic carbocycles. The first-order valence-electron chi connectivity index (χ1n) is 7.88. The van der Waals surface area contributed by atoms with Gasteiger partial charge in [-0.3, -0.25) is 9.59 Å². The predicted octanol–water partition coefficient (Wildman–Crippen LogP) is 2.35. The zero-order valence-corrected chi connectivity index (χ0v) is 13.3. The number of ether oxygens (including phenoxy) is 1. The number of carboxylic acid groups (broad SMARTS) is 1. The van der Waals surface area contributed by atoms with E-state index in [4.69, 9.17) is 5.11 Å². The first-order chi connectivity index (χ1) is 11.7. The Bertz CT molecular complexity index is 684. The van der Waals surface area contributed by atoms with Gasteiger partial charge in [-0.25, -0.2) is 4.98 Å². The number of nitrogens with zero attached hydrogens (tertiary/aromatic N) is 2. The fourth-order valence-corrected chi connectivity index (χ4v) is 3.39. The fraction of sp³-hybridized carbons (Fsp3) is 0.562. The van der Waals surface area contributed by atoms with Gasteiger partial charge in [0.2, 0.25) is 5.88 Å². The summed E-state index contributed by atoms with van der Waals surface area (Å²) in [6.45, 7) is -0.778. The largest absolute Gasteiger partial charge is 0.481 e. The molecule has 1 N–H and O–H groups in total. The van der Waals surface area contributed by atoms with Gasteiger partial charge in [-0.15, -0.1) is 0 Å². The average Bonchev–Trinajstić information content (AvgIpc) is 3.26. The van der Waals surface area contributed by atoms with Gasteiger partial charge in [0.05, 0.1) is 5.92 Å². The van der Waals surface area contributed by atoms with E-state index >= 15 is 0 Å². The highest BCUT2D eigenvalue weighted by atomic mass is 19.4. The number of aliphatic carboxylic acids is 1. The first-order valence-corrected chi connectivity index (χ1v) is 7.88. The van der Waals surface area contributed by atoms with Crippen LogP contribution >= 0.6 is 0 Å². The molecule has 1 spiro atoms. The van der Waals surface area contributed by atoms with E-state index in [1.165, 1.54) is 23.2 Å². The lowest BCUT2D eigenvalue weighted by molar-refractivity contribution is -0.154. The molecular weight excluding hydrogens is 341 g/mol. The van der Waals surface area contributed by atoms with E-state index in [0.29, 0.717) is 32.4 Å². The normalized spacial score (nSPS) is 21.9. The summed E-state index contributed by atoms with van der Waals surface area (Å²) in [7, 11) is 0. The van der Waals surface area contributed by atoms with E-state index in [1.807, 2.05) is 0 Å². The second-order valence-corrected chi connectivity index (χ2v) is 6.51. The molecule has 0 radical (unpaired) electrons. The number of rotatable bonds is 4. The molecule has 136 valence electrons. The van der Waals surface area contributed by atoms with Gasteiger partial charge in [0.25, 0.3) is 5.91 Å². The van der Waals surface area contributed by atoms with E-state index in [2.05, 4.69) is 9.72 Å². The molecule has 1 amide bonds. The summed E-state index contributed by atoms with van der Waals surface area (Å²) in [4.78, 5) is 28.9. The van der Waals surface area contributed by atoms with E-state index < -0.39 is 24.7 Å². The molecule has 1 aliphatic heterocycles. The van der Waals surface area contributed by atoms with Crippen LogP contribution in [0.5, 0.6) is 5.88 Å². The maximum absolute atomic E-state index is 12.6. The van der Waals surface area contributed by atoms with Gasteiger partial charge in [-0.1, -0.05) is 0 Å². The lowest BCUT2D eigenvalue weighted by Gasteiger charge is -2.32. The van der Waals surface area contributed by atoms with Crippen LogP contribution in [0.25, 0.3) is 0 Å². The summed E-state index contributed by atoms with van der Waals surface area (Å²) in [5, 5.41) is 9.09. The van der Waals surface area contributed by atoms with Gasteiger partial charge in [-0.2, -0.15) is 13.2 Å². The maximum Gasteiger partial charge on any atom is 0.422 e. The summed E-state index contributed by atoms with van der Waals surface area (Å²) < 4.78 is 41.6. The molecule has 1 saturated carbocycles. The summed E-state index contributed by atoms with van der Waals surface area (Å²) in [6.07, 6.45) is -1.48. The van der Waals surface area contributed by atoms with Gasteiger partial charge < -0.3 is 14.7 Å². The van der Waals surface area contributed by atoms with E-state index in [-0.39, 0.29) is 22.8 Å². The lowest BCUT2D eigenvalue weighted by Crippen LogP contribution is -2.40. The molecule has 0 aromatic carbocycles. The van der Waals surface area contributed by atoms with Crippen molar-refractivity contribution >= 4 is 11.9 Å². The predicted molar refractivity (Wildman–Crippen MR) is 79.1 cm³/mol. The van der Waals surface area contributed by atoms with Crippen LogP contribution in [-0.4, -0.2) is 52.7 Å². The number of hydrogen-bond donors (Lipinski definition) is 1. The molecule has 1 aromatic rings. The molecule has 1 atom stereocenters. The number of carboxylic acids is 1. The molecule has 1 unspecified atom stereocenters. The number of amides is 1. The number of likely N-dealkylation sites (tertiary alicyclic amines) is 1. The monoisotopic (exact) mass is 358 g/mol. The zero-order chi connectivity index (χ0) is 18.2. The highest BCUT2D eigenvalue weighted by Crippen LogP contribution is 2.59. The second-order valence-electron chi connectivity index (χ2n) is 6.51. The summed E-state index contributed by atoms with van der Waals surface area (Å²) in [5.41, 5.74) is -0.249. The van der Waals surface area contributed by atoms with Gasteiger partial charge in [0.1, 0.15) is 5.56 Å². The van der Waals surface area contributed by atoms with E-state index in [9.17, 15) is 22.8 Å². The number of alkyl halides is 3. The van der Waals surface area contributed by atoms with Gasteiger partial charge in [-0.05, 0) is 36.8 Å². The van der Waals surface area contributed by atoms with Crippen molar-refractivity contribution in [3.05, 3.63) is 23.9 Å². The lowest BCUT2D eigenvalue weighted by atomic mass is 9.90. The maximum atomic E-state index is 12.6.